The maximum Gasteiger partial charge on any atom is 0.231 e. The van der Waals surface area contributed by atoms with Crippen molar-refractivity contribution < 1.29 is 0 Å². The minimum atomic E-state index is 0.280. The highest BCUT2D eigenvalue weighted by Crippen LogP contribution is 2.51. The summed E-state index contributed by atoms with van der Waals surface area (Å²) in [4.78, 5) is 15.3. The van der Waals surface area contributed by atoms with Gasteiger partial charge in [0.25, 0.3) is 0 Å². The zero-order chi connectivity index (χ0) is 14.9. The fraction of sp³-hybridized carbons (Fsp3) is 0.800. The van der Waals surface area contributed by atoms with Crippen molar-refractivity contribution in [2.45, 2.75) is 46.0 Å². The Labute approximate surface area is 131 Å². The Hall–Kier alpha value is -1.10. The summed E-state index contributed by atoms with van der Waals surface area (Å²) >= 11 is 6.07. The molecule has 0 amide bonds. The quantitative estimate of drug-likeness (QED) is 0.904. The van der Waals surface area contributed by atoms with E-state index < -0.39 is 0 Å². The second kappa shape index (κ2) is 5.95. The van der Waals surface area contributed by atoms with Gasteiger partial charge in [0.15, 0.2) is 0 Å². The Kier molecular flexibility index (Phi) is 4.20. The van der Waals surface area contributed by atoms with E-state index in [0.29, 0.717) is 23.2 Å². The third-order valence-corrected chi connectivity index (χ3v) is 5.12. The molecule has 1 aromatic heterocycles. The molecular formula is C15H24ClN5. The average molecular weight is 310 g/mol. The van der Waals surface area contributed by atoms with Gasteiger partial charge in [0, 0.05) is 19.6 Å². The summed E-state index contributed by atoms with van der Waals surface area (Å²) in [6.07, 6.45) is 6.26. The lowest BCUT2D eigenvalue weighted by molar-refractivity contribution is 0.379. The molecule has 1 aromatic rings. The predicted octanol–water partition coefficient (Wildman–Crippen LogP) is 3.36. The zero-order valence-corrected chi connectivity index (χ0v) is 13.7. The van der Waals surface area contributed by atoms with Crippen LogP contribution in [0.25, 0.3) is 0 Å². The monoisotopic (exact) mass is 309 g/mol. The molecule has 1 saturated carbocycles. The molecule has 2 aliphatic rings. The minimum Gasteiger partial charge on any atom is -0.353 e. The van der Waals surface area contributed by atoms with Crippen molar-refractivity contribution in [1.82, 2.24) is 15.0 Å². The molecule has 0 bridgehead atoms. The van der Waals surface area contributed by atoms with Crippen LogP contribution >= 0.6 is 11.6 Å². The summed E-state index contributed by atoms with van der Waals surface area (Å²) in [6, 6.07) is 0. The molecule has 2 fully saturated rings. The average Bonchev–Trinajstić information content (AvgIpc) is 3.27. The van der Waals surface area contributed by atoms with Crippen LogP contribution in [0.3, 0.4) is 0 Å². The summed E-state index contributed by atoms with van der Waals surface area (Å²) < 4.78 is 0. The van der Waals surface area contributed by atoms with Crippen LogP contribution in [0.4, 0.5) is 11.9 Å². The van der Waals surface area contributed by atoms with Gasteiger partial charge in [-0.2, -0.15) is 15.0 Å². The number of hydrogen-bond acceptors (Lipinski definition) is 5. The van der Waals surface area contributed by atoms with E-state index in [9.17, 15) is 0 Å². The second-order valence-electron chi connectivity index (χ2n) is 6.65. The number of aromatic nitrogens is 3. The van der Waals surface area contributed by atoms with E-state index in [1.54, 1.807) is 0 Å². The van der Waals surface area contributed by atoms with Gasteiger partial charge < -0.3 is 10.2 Å². The van der Waals surface area contributed by atoms with Crippen molar-refractivity contribution in [3.05, 3.63) is 5.28 Å². The fourth-order valence-corrected chi connectivity index (χ4v) is 3.18. The van der Waals surface area contributed by atoms with Gasteiger partial charge >= 0.3 is 0 Å². The van der Waals surface area contributed by atoms with Crippen LogP contribution < -0.4 is 10.2 Å². The Bertz CT molecular complexity index is 495. The van der Waals surface area contributed by atoms with Gasteiger partial charge in [-0.1, -0.05) is 13.8 Å². The smallest absolute Gasteiger partial charge is 0.231 e. The third kappa shape index (κ3) is 3.39. The highest BCUT2D eigenvalue weighted by atomic mass is 35.5. The maximum absolute atomic E-state index is 6.07. The fourth-order valence-electron chi connectivity index (χ4n) is 3.03. The molecule has 3 rings (SSSR count). The lowest BCUT2D eigenvalue weighted by Crippen LogP contribution is -2.31. The molecule has 5 nitrogen and oxygen atoms in total. The van der Waals surface area contributed by atoms with Crippen molar-refractivity contribution in [3.8, 4) is 0 Å². The van der Waals surface area contributed by atoms with Gasteiger partial charge in [0.2, 0.25) is 17.2 Å². The minimum absolute atomic E-state index is 0.280. The first kappa shape index (κ1) is 14.8. The van der Waals surface area contributed by atoms with Crippen molar-refractivity contribution in [3.63, 3.8) is 0 Å². The maximum atomic E-state index is 6.07. The number of hydrogen-bond donors (Lipinski definition) is 1. The van der Waals surface area contributed by atoms with E-state index in [1.165, 1.54) is 32.1 Å². The first-order chi connectivity index (χ1) is 10.1. The van der Waals surface area contributed by atoms with Crippen molar-refractivity contribution in [2.75, 3.05) is 29.9 Å². The molecule has 21 heavy (non-hydrogen) atoms. The van der Waals surface area contributed by atoms with Gasteiger partial charge in [-0.15, -0.1) is 0 Å². The standard InChI is InChI=1S/C15H24ClN5/c1-11(2)15(6-7-15)10-17-13-18-12(16)19-14(20-13)21-8-4-3-5-9-21/h11H,3-10H2,1-2H3,(H,17,18,19,20). The summed E-state index contributed by atoms with van der Waals surface area (Å²) in [7, 11) is 0. The molecule has 0 radical (unpaired) electrons. The lowest BCUT2D eigenvalue weighted by Gasteiger charge is -2.27. The number of rotatable bonds is 5. The summed E-state index contributed by atoms with van der Waals surface area (Å²) in [5.74, 6) is 2.01. The Balaban J connectivity index is 1.69. The zero-order valence-electron chi connectivity index (χ0n) is 12.9. The van der Waals surface area contributed by atoms with Crippen LogP contribution in [0, 0.1) is 11.3 Å². The Morgan fingerprint density at radius 2 is 1.86 bits per heavy atom. The molecule has 0 atom stereocenters. The van der Waals surface area contributed by atoms with E-state index >= 15 is 0 Å². The molecule has 116 valence electrons. The number of halogens is 1. The van der Waals surface area contributed by atoms with Crippen LogP contribution in [-0.2, 0) is 0 Å². The van der Waals surface area contributed by atoms with Gasteiger partial charge in [-0.05, 0) is 55.0 Å². The van der Waals surface area contributed by atoms with E-state index in [2.05, 4.69) is 39.0 Å². The van der Waals surface area contributed by atoms with E-state index in [-0.39, 0.29) is 5.28 Å². The number of nitrogens with one attached hydrogen (secondary N) is 1. The predicted molar refractivity (Wildman–Crippen MR) is 85.9 cm³/mol. The largest absolute Gasteiger partial charge is 0.353 e. The first-order valence-electron chi connectivity index (χ1n) is 7.99. The van der Waals surface area contributed by atoms with E-state index in [0.717, 1.165) is 19.6 Å². The van der Waals surface area contributed by atoms with Crippen LogP contribution in [-0.4, -0.2) is 34.6 Å². The molecular weight excluding hydrogens is 286 g/mol. The SMILES string of the molecule is CC(C)C1(CNc2nc(Cl)nc(N3CCCCC3)n2)CC1. The van der Waals surface area contributed by atoms with Crippen LogP contribution in [0.2, 0.25) is 5.28 Å². The topological polar surface area (TPSA) is 53.9 Å². The molecule has 1 N–H and O–H groups in total. The number of anilines is 2. The highest BCUT2D eigenvalue weighted by molar-refractivity contribution is 6.28. The summed E-state index contributed by atoms with van der Waals surface area (Å²) in [5, 5.41) is 3.66. The first-order valence-corrected chi connectivity index (χ1v) is 8.37. The molecule has 1 aliphatic carbocycles. The van der Waals surface area contributed by atoms with Crippen molar-refractivity contribution in [2.24, 2.45) is 11.3 Å². The molecule has 1 aliphatic heterocycles. The lowest BCUT2D eigenvalue weighted by atomic mass is 9.92. The Morgan fingerprint density at radius 3 is 2.48 bits per heavy atom. The Morgan fingerprint density at radius 1 is 1.14 bits per heavy atom. The summed E-state index contributed by atoms with van der Waals surface area (Å²) in [5.41, 5.74) is 0.421. The van der Waals surface area contributed by atoms with Crippen molar-refractivity contribution in [1.29, 1.82) is 0 Å². The molecule has 6 heteroatoms. The van der Waals surface area contributed by atoms with E-state index in [1.807, 2.05) is 0 Å². The molecule has 0 unspecified atom stereocenters. The highest BCUT2D eigenvalue weighted by Gasteiger charge is 2.45. The molecule has 0 aromatic carbocycles. The summed E-state index contributed by atoms with van der Waals surface area (Å²) in [6.45, 7) is 7.51. The van der Waals surface area contributed by atoms with Crippen LogP contribution in [0.15, 0.2) is 0 Å². The van der Waals surface area contributed by atoms with Gasteiger partial charge in [-0.3, -0.25) is 0 Å². The second-order valence-corrected chi connectivity index (χ2v) is 6.98. The molecule has 1 saturated heterocycles. The van der Waals surface area contributed by atoms with Gasteiger partial charge in [0.1, 0.15) is 0 Å². The third-order valence-electron chi connectivity index (χ3n) is 4.95. The molecule has 0 spiro atoms. The number of nitrogens with zero attached hydrogens (tertiary/aromatic N) is 4. The van der Waals surface area contributed by atoms with E-state index in [4.69, 9.17) is 11.6 Å². The van der Waals surface area contributed by atoms with Gasteiger partial charge in [0.05, 0.1) is 0 Å². The van der Waals surface area contributed by atoms with Crippen molar-refractivity contribution >= 4 is 23.5 Å². The van der Waals surface area contributed by atoms with Crippen LogP contribution in [0.5, 0.6) is 0 Å². The van der Waals surface area contributed by atoms with Crippen LogP contribution in [0.1, 0.15) is 46.0 Å². The van der Waals surface area contributed by atoms with Gasteiger partial charge in [-0.25, -0.2) is 0 Å². The molecule has 2 heterocycles. The normalized spacial score (nSPS) is 20.7. The number of piperidine rings is 1.